The zero-order chi connectivity index (χ0) is 23.5. The summed E-state index contributed by atoms with van der Waals surface area (Å²) in [4.78, 5) is 41.2. The predicted octanol–water partition coefficient (Wildman–Crippen LogP) is 3.44. The highest BCUT2D eigenvalue weighted by atomic mass is 16.5. The smallest absolute Gasteiger partial charge is 0.244 e. The summed E-state index contributed by atoms with van der Waals surface area (Å²) in [5, 5.41) is 5.61. The average molecular weight is 462 g/mol. The number of carbonyl (C=O) groups is 3. The Morgan fingerprint density at radius 2 is 1.76 bits per heavy atom. The number of anilines is 2. The van der Waals surface area contributed by atoms with Crippen molar-refractivity contribution in [1.29, 1.82) is 0 Å². The van der Waals surface area contributed by atoms with Crippen molar-refractivity contribution in [2.75, 3.05) is 23.3 Å². The number of carbonyl (C=O) groups excluding carboxylic acids is 3. The molecule has 2 aromatic carbocycles. The molecule has 2 unspecified atom stereocenters. The molecule has 3 aliphatic rings. The van der Waals surface area contributed by atoms with E-state index in [-0.39, 0.29) is 11.9 Å². The van der Waals surface area contributed by atoms with Crippen LogP contribution >= 0.6 is 0 Å². The summed E-state index contributed by atoms with van der Waals surface area (Å²) in [6.07, 6.45) is 5.08. The molecule has 3 atom stereocenters. The van der Waals surface area contributed by atoms with Gasteiger partial charge in [0.15, 0.2) is 11.7 Å². The Morgan fingerprint density at radius 3 is 2.50 bits per heavy atom. The minimum atomic E-state index is -1.32. The van der Waals surface area contributed by atoms with Crippen LogP contribution in [0.5, 0.6) is 0 Å². The third kappa shape index (κ3) is 4.57. The van der Waals surface area contributed by atoms with Gasteiger partial charge in [-0.1, -0.05) is 30.3 Å². The Labute approximate surface area is 199 Å². The van der Waals surface area contributed by atoms with Crippen molar-refractivity contribution in [3.63, 3.8) is 0 Å². The molecule has 1 saturated carbocycles. The number of nitrogens with one attached hydrogen (secondary N) is 2. The van der Waals surface area contributed by atoms with Crippen LogP contribution in [0.4, 0.5) is 11.4 Å². The Bertz CT molecular complexity index is 1050. The Balaban J connectivity index is 1.19. The van der Waals surface area contributed by atoms with E-state index >= 15 is 0 Å². The molecule has 1 spiro atoms. The normalized spacial score (nSPS) is 26.6. The molecule has 2 aromatic rings. The lowest BCUT2D eigenvalue weighted by Crippen LogP contribution is -2.45. The van der Waals surface area contributed by atoms with Gasteiger partial charge in [-0.15, -0.1) is 0 Å². The standard InChI is InChI=1S/C27H31N3O4/c31-24-23(25(32)28-20-9-11-21(12-10-20)30-15-5-2-6-16-30)26(33)29-27(24)14-13-22(17-27)34-18-19-7-3-1-4-8-19/h1,3-4,7-12,22-23H,2,5-6,13-18H2,(H,28,32)(H,29,33)/t22-,23?,27?/m1/s1. The lowest BCUT2D eigenvalue weighted by molar-refractivity contribution is -0.135. The summed E-state index contributed by atoms with van der Waals surface area (Å²) in [5.74, 6) is -2.75. The lowest BCUT2D eigenvalue weighted by Gasteiger charge is -2.28. The monoisotopic (exact) mass is 461 g/mol. The number of Topliss-reactive ketones (excluding diaryl/α,β-unsaturated/α-hetero) is 1. The van der Waals surface area contributed by atoms with E-state index in [9.17, 15) is 14.4 Å². The molecule has 7 heteroatoms. The largest absolute Gasteiger partial charge is 0.373 e. The number of amides is 2. The van der Waals surface area contributed by atoms with Crippen molar-refractivity contribution in [3.8, 4) is 0 Å². The molecule has 0 aromatic heterocycles. The van der Waals surface area contributed by atoms with Crippen molar-refractivity contribution < 1.29 is 19.1 Å². The molecule has 2 N–H and O–H groups in total. The molecule has 0 bridgehead atoms. The number of nitrogens with zero attached hydrogens (tertiary/aromatic N) is 1. The third-order valence-electron chi connectivity index (χ3n) is 7.27. The first-order chi connectivity index (χ1) is 16.5. The van der Waals surface area contributed by atoms with Crippen LogP contribution in [0.25, 0.3) is 0 Å². The molecule has 5 rings (SSSR count). The summed E-state index contributed by atoms with van der Waals surface area (Å²) in [6, 6.07) is 17.5. The first-order valence-corrected chi connectivity index (χ1v) is 12.2. The van der Waals surface area contributed by atoms with Crippen LogP contribution in [0, 0.1) is 5.92 Å². The summed E-state index contributed by atoms with van der Waals surface area (Å²) >= 11 is 0. The van der Waals surface area contributed by atoms with E-state index in [0.29, 0.717) is 31.6 Å². The molecular formula is C27H31N3O4. The van der Waals surface area contributed by atoms with Crippen LogP contribution in [0.15, 0.2) is 54.6 Å². The van der Waals surface area contributed by atoms with E-state index in [1.807, 2.05) is 54.6 Å². The van der Waals surface area contributed by atoms with E-state index in [0.717, 1.165) is 24.3 Å². The molecule has 2 heterocycles. The molecule has 2 aliphatic heterocycles. The van der Waals surface area contributed by atoms with Crippen molar-refractivity contribution in [2.45, 2.75) is 56.8 Å². The molecule has 34 heavy (non-hydrogen) atoms. The van der Waals surface area contributed by atoms with E-state index in [2.05, 4.69) is 15.5 Å². The van der Waals surface area contributed by atoms with Crippen LogP contribution in [-0.4, -0.2) is 42.3 Å². The lowest BCUT2D eigenvalue weighted by atomic mass is 9.89. The maximum absolute atomic E-state index is 13.2. The van der Waals surface area contributed by atoms with Gasteiger partial charge in [0, 0.05) is 30.9 Å². The van der Waals surface area contributed by atoms with Gasteiger partial charge in [-0.3, -0.25) is 14.4 Å². The molecule has 2 saturated heterocycles. The van der Waals surface area contributed by atoms with Gasteiger partial charge in [0.2, 0.25) is 11.8 Å². The maximum Gasteiger partial charge on any atom is 0.244 e. The fraction of sp³-hybridized carbons (Fsp3) is 0.444. The van der Waals surface area contributed by atoms with Gasteiger partial charge >= 0.3 is 0 Å². The summed E-state index contributed by atoms with van der Waals surface area (Å²) < 4.78 is 6.00. The molecule has 1 aliphatic carbocycles. The molecule has 2 amide bonds. The highest BCUT2D eigenvalue weighted by Crippen LogP contribution is 2.39. The minimum absolute atomic E-state index is 0.131. The van der Waals surface area contributed by atoms with Crippen molar-refractivity contribution in [2.24, 2.45) is 5.92 Å². The first-order valence-electron chi connectivity index (χ1n) is 12.2. The van der Waals surface area contributed by atoms with Gasteiger partial charge in [-0.05, 0) is 61.9 Å². The highest BCUT2D eigenvalue weighted by molar-refractivity contribution is 6.27. The fourth-order valence-corrected chi connectivity index (χ4v) is 5.39. The zero-order valence-electron chi connectivity index (χ0n) is 19.3. The molecular weight excluding hydrogens is 430 g/mol. The summed E-state index contributed by atoms with van der Waals surface area (Å²) in [5.41, 5.74) is 1.77. The second-order valence-electron chi connectivity index (χ2n) is 9.61. The summed E-state index contributed by atoms with van der Waals surface area (Å²) in [6.45, 7) is 2.54. The molecule has 3 fully saturated rings. The predicted molar refractivity (Wildman–Crippen MR) is 129 cm³/mol. The number of ketones is 1. The van der Waals surface area contributed by atoms with E-state index in [1.54, 1.807) is 0 Å². The summed E-state index contributed by atoms with van der Waals surface area (Å²) in [7, 11) is 0. The Hall–Kier alpha value is -3.19. The van der Waals surface area contributed by atoms with Gasteiger partial charge in [0.05, 0.1) is 12.7 Å². The van der Waals surface area contributed by atoms with Crippen molar-refractivity contribution in [1.82, 2.24) is 5.32 Å². The fourth-order valence-electron chi connectivity index (χ4n) is 5.39. The minimum Gasteiger partial charge on any atom is -0.373 e. The zero-order valence-corrected chi connectivity index (χ0v) is 19.3. The molecule has 0 radical (unpaired) electrons. The van der Waals surface area contributed by atoms with E-state index in [4.69, 9.17) is 4.74 Å². The van der Waals surface area contributed by atoms with Crippen LogP contribution in [-0.2, 0) is 25.7 Å². The van der Waals surface area contributed by atoms with Gasteiger partial charge in [-0.2, -0.15) is 0 Å². The number of benzene rings is 2. The van der Waals surface area contributed by atoms with Gasteiger partial charge < -0.3 is 20.3 Å². The van der Waals surface area contributed by atoms with Crippen LogP contribution in [0.3, 0.4) is 0 Å². The number of ether oxygens (including phenoxy) is 1. The van der Waals surface area contributed by atoms with E-state index < -0.39 is 23.3 Å². The first kappa shape index (κ1) is 22.6. The quantitative estimate of drug-likeness (QED) is 0.644. The third-order valence-corrected chi connectivity index (χ3v) is 7.27. The van der Waals surface area contributed by atoms with Gasteiger partial charge in [-0.25, -0.2) is 0 Å². The number of piperidine rings is 1. The maximum atomic E-state index is 13.2. The van der Waals surface area contributed by atoms with Crippen molar-refractivity contribution >= 4 is 29.0 Å². The van der Waals surface area contributed by atoms with E-state index in [1.165, 1.54) is 19.3 Å². The average Bonchev–Trinajstić information content (AvgIpc) is 3.39. The number of rotatable bonds is 6. The SMILES string of the molecule is O=C(Nc1ccc(N2CCCCC2)cc1)C1C(=O)NC2(CC[C@@H](OCc3ccccc3)C2)C1=O. The Morgan fingerprint density at radius 1 is 1.03 bits per heavy atom. The number of hydrogen-bond acceptors (Lipinski definition) is 5. The highest BCUT2D eigenvalue weighted by Gasteiger charge is 2.58. The van der Waals surface area contributed by atoms with Crippen LogP contribution in [0.2, 0.25) is 0 Å². The van der Waals surface area contributed by atoms with Crippen LogP contribution < -0.4 is 15.5 Å². The molecule has 7 nitrogen and oxygen atoms in total. The number of hydrogen-bond donors (Lipinski definition) is 2. The second kappa shape index (κ2) is 9.58. The van der Waals surface area contributed by atoms with Gasteiger partial charge in [0.25, 0.3) is 0 Å². The second-order valence-corrected chi connectivity index (χ2v) is 9.61. The Kier molecular flexibility index (Phi) is 6.37. The van der Waals surface area contributed by atoms with Crippen molar-refractivity contribution in [3.05, 3.63) is 60.2 Å². The molecule has 178 valence electrons. The topological polar surface area (TPSA) is 87.7 Å². The van der Waals surface area contributed by atoms with Gasteiger partial charge in [0.1, 0.15) is 5.54 Å². The van der Waals surface area contributed by atoms with Crippen LogP contribution in [0.1, 0.15) is 44.1 Å².